The topological polar surface area (TPSA) is 0 Å². The summed E-state index contributed by atoms with van der Waals surface area (Å²) in [5, 5.41) is 0. The third-order valence-electron chi connectivity index (χ3n) is 3.81. The van der Waals surface area contributed by atoms with Gasteiger partial charge in [0.2, 0.25) is 0 Å². The van der Waals surface area contributed by atoms with E-state index in [1.807, 2.05) is 0 Å². The van der Waals surface area contributed by atoms with E-state index in [1.165, 1.54) is 89.9 Å². The van der Waals surface area contributed by atoms with Gasteiger partial charge in [-0.2, -0.15) is 11.5 Å². The van der Waals surface area contributed by atoms with Crippen LogP contribution in [-0.4, -0.2) is 35.4 Å². The maximum atomic E-state index is 4.83. The van der Waals surface area contributed by atoms with Gasteiger partial charge in [-0.25, -0.2) is 0 Å². The van der Waals surface area contributed by atoms with Gasteiger partial charge in [-0.3, -0.25) is 0 Å². The largest absolute Gasteiger partial charge is 2.00 e. The third-order valence-corrected chi connectivity index (χ3v) is 4.39. The van der Waals surface area contributed by atoms with Gasteiger partial charge < -0.3 is 25.3 Å². The van der Waals surface area contributed by atoms with Crippen LogP contribution in [-0.2, 0) is 25.3 Å². The van der Waals surface area contributed by atoms with E-state index >= 15 is 0 Å². The number of hydrogen-bond acceptors (Lipinski definition) is 2. The predicted molar refractivity (Wildman–Crippen MR) is 138 cm³/mol. The van der Waals surface area contributed by atoms with E-state index in [9.17, 15) is 0 Å². The summed E-state index contributed by atoms with van der Waals surface area (Å²) in [6.45, 7) is 12.8. The summed E-state index contributed by atoms with van der Waals surface area (Å²) in [7, 11) is 0. The Hall–Kier alpha value is 1.50. The van der Waals surface area contributed by atoms with Crippen molar-refractivity contribution in [2.45, 2.75) is 131 Å². The summed E-state index contributed by atoms with van der Waals surface area (Å²) in [5.41, 5.74) is 0. The molecular weight excluding hydrogens is 471 g/mol. The zero-order chi connectivity index (χ0) is 20.7. The van der Waals surface area contributed by atoms with E-state index < -0.39 is 0 Å². The van der Waals surface area contributed by atoms with Gasteiger partial charge in [0, 0.05) is 0 Å². The van der Waals surface area contributed by atoms with Crippen LogP contribution in [0.1, 0.15) is 131 Å². The Morgan fingerprint density at radius 3 is 0.889 bits per heavy atom. The molecule has 0 bridgehead atoms. The van der Waals surface area contributed by atoms with Crippen LogP contribution in [0.25, 0.3) is 0 Å². The second-order valence-electron chi connectivity index (χ2n) is 6.58. The molecule has 0 amide bonds. The Balaban J connectivity index is -0.0000000843. The van der Waals surface area contributed by atoms with Crippen molar-refractivity contribution in [3.63, 3.8) is 0 Å². The van der Waals surface area contributed by atoms with Crippen molar-refractivity contribution in [3.05, 3.63) is 12.8 Å². The molecule has 0 aromatic carbocycles. The van der Waals surface area contributed by atoms with Crippen LogP contribution < -0.4 is 0 Å². The molecule has 0 atom stereocenters. The van der Waals surface area contributed by atoms with Crippen LogP contribution in [0.2, 0.25) is 0 Å². The molecule has 0 aliphatic carbocycles. The van der Waals surface area contributed by atoms with E-state index in [4.69, 9.17) is 25.3 Å². The van der Waals surface area contributed by atoms with Crippen molar-refractivity contribution < 1.29 is 0 Å². The maximum absolute atomic E-state index is 4.83. The average molecular weight is 524 g/mol. The molecule has 0 nitrogen and oxygen atoms in total. The van der Waals surface area contributed by atoms with Gasteiger partial charge in [-0.15, -0.1) is 0 Å². The zero-order valence-corrected chi connectivity index (χ0v) is 24.3. The summed E-state index contributed by atoms with van der Waals surface area (Å²) < 4.78 is 0. The van der Waals surface area contributed by atoms with Crippen LogP contribution in [0.4, 0.5) is 0 Å². The maximum Gasteiger partial charge on any atom is 2.00 e. The van der Waals surface area contributed by atoms with Gasteiger partial charge in [-0.05, 0) is 12.8 Å². The molecule has 0 heterocycles. The van der Waals surface area contributed by atoms with Gasteiger partial charge >= 0.3 is 23.9 Å². The first-order valence-corrected chi connectivity index (χ1v) is 12.5. The van der Waals surface area contributed by atoms with E-state index in [-0.39, 0.29) is 23.9 Å². The minimum Gasteiger partial charge on any atom is -0.793 e. The van der Waals surface area contributed by atoms with Crippen molar-refractivity contribution >= 4 is 49.2 Å². The third kappa shape index (κ3) is 74.4. The monoisotopic (exact) mass is 524 g/mol. The first-order chi connectivity index (χ1) is 12.7. The van der Waals surface area contributed by atoms with Gasteiger partial charge in [0.15, 0.2) is 0 Å². The summed E-state index contributed by atoms with van der Waals surface area (Å²) in [4.78, 5) is 0. The summed E-state index contributed by atoms with van der Waals surface area (Å²) in [6.07, 6.45) is 22.9. The Labute approximate surface area is 204 Å². The Morgan fingerprint density at radius 1 is 0.481 bits per heavy atom. The zero-order valence-electron chi connectivity index (χ0n) is 19.8. The molecular formula is C24H52S2Sn. The van der Waals surface area contributed by atoms with E-state index in [2.05, 4.69) is 54.4 Å². The van der Waals surface area contributed by atoms with Crippen molar-refractivity contribution in [2.75, 3.05) is 11.5 Å². The summed E-state index contributed by atoms with van der Waals surface area (Å²) in [5.74, 6) is 1.90. The molecule has 0 spiro atoms. The van der Waals surface area contributed by atoms with Crippen LogP contribution in [0, 0.1) is 12.8 Å². The first-order valence-electron chi connectivity index (χ1n) is 11.4. The van der Waals surface area contributed by atoms with E-state index in [0.29, 0.717) is 0 Å². The Morgan fingerprint density at radius 2 is 0.704 bits per heavy atom. The van der Waals surface area contributed by atoms with Gasteiger partial charge in [0.25, 0.3) is 0 Å². The van der Waals surface area contributed by atoms with E-state index in [0.717, 1.165) is 11.5 Å². The minimum absolute atomic E-state index is 0. The molecule has 27 heavy (non-hydrogen) atoms. The van der Waals surface area contributed by atoms with Crippen molar-refractivity contribution in [1.29, 1.82) is 0 Å². The molecule has 0 aromatic rings. The molecule has 0 N–H and O–H groups in total. The SMILES string of the molecule is CCCCCCCC[S-].CCCCCCCC[S-].C[CH]CC.C[CH]CC.[Sn+2]. The molecule has 0 fully saturated rings. The second kappa shape index (κ2) is 50.8. The quantitative estimate of drug-likeness (QED) is 0.127. The van der Waals surface area contributed by atoms with Crippen molar-refractivity contribution in [1.82, 2.24) is 0 Å². The molecule has 3 heteroatoms. The fourth-order valence-electron chi connectivity index (χ4n) is 1.76. The number of unbranched alkanes of at least 4 members (excludes halogenated alkanes) is 12. The first kappa shape index (κ1) is 39.0. The molecule has 4 radical (unpaired) electrons. The Kier molecular flexibility index (Phi) is 73.4. The van der Waals surface area contributed by atoms with E-state index in [1.54, 1.807) is 0 Å². The molecule has 0 rings (SSSR count). The van der Waals surface area contributed by atoms with Crippen LogP contribution in [0.5, 0.6) is 0 Å². The van der Waals surface area contributed by atoms with Crippen molar-refractivity contribution in [2.24, 2.45) is 0 Å². The van der Waals surface area contributed by atoms with Crippen LogP contribution in [0.15, 0.2) is 0 Å². The smallest absolute Gasteiger partial charge is 0.793 e. The average Bonchev–Trinajstić information content (AvgIpc) is 2.69. The predicted octanol–water partition coefficient (Wildman–Crippen LogP) is 8.65. The minimum atomic E-state index is 0. The molecule has 0 saturated carbocycles. The standard InChI is InChI=1S/2C8H18S.2C4H9.Sn/c2*1-2-3-4-5-6-7-8-9;2*1-3-4-2;/h2*9H,2-8H2,1H3;2*3H,4H2,1-2H3;/q;;;;+2/p-2. The number of hydrogen-bond donors (Lipinski definition) is 0. The fourth-order valence-corrected chi connectivity index (χ4v) is 2.17. The molecule has 0 aromatic heterocycles. The normalized spacial score (nSPS) is 8.89. The van der Waals surface area contributed by atoms with Crippen LogP contribution >= 0.6 is 0 Å². The van der Waals surface area contributed by atoms with Gasteiger partial charge in [0.05, 0.1) is 0 Å². The Bertz CT molecular complexity index is 132. The molecule has 164 valence electrons. The number of rotatable bonds is 14. The summed E-state index contributed by atoms with van der Waals surface area (Å²) >= 11 is 9.66. The van der Waals surface area contributed by atoms with Crippen molar-refractivity contribution in [3.8, 4) is 0 Å². The van der Waals surface area contributed by atoms with Gasteiger partial charge in [0.1, 0.15) is 0 Å². The molecule has 0 unspecified atom stereocenters. The summed E-state index contributed by atoms with van der Waals surface area (Å²) in [6, 6.07) is 0. The molecule has 0 aliphatic heterocycles. The second-order valence-corrected chi connectivity index (χ2v) is 7.39. The molecule has 0 saturated heterocycles. The molecule has 0 aliphatic rings. The van der Waals surface area contributed by atoms with Gasteiger partial charge in [-0.1, -0.05) is 131 Å². The van der Waals surface area contributed by atoms with Crippen LogP contribution in [0.3, 0.4) is 0 Å². The fraction of sp³-hybridized carbons (Fsp3) is 0.917.